The fraction of sp³-hybridized carbons (Fsp3) is 0.333. The average Bonchev–Trinajstić information content (AvgIpc) is 2.97. The van der Waals surface area contributed by atoms with Crippen LogP contribution in [0.5, 0.6) is 11.5 Å². The highest BCUT2D eigenvalue weighted by molar-refractivity contribution is 7.99. The molecule has 3 aromatic carbocycles. The molecule has 0 aliphatic heterocycles. The van der Waals surface area contributed by atoms with Crippen molar-refractivity contribution in [1.82, 2.24) is 0 Å². The van der Waals surface area contributed by atoms with Crippen molar-refractivity contribution in [2.24, 2.45) is 0 Å². The Morgan fingerprint density at radius 1 is 0.875 bits per heavy atom. The molecule has 0 bridgehead atoms. The zero-order valence-electron chi connectivity index (χ0n) is 23.5. The molecule has 0 N–H and O–H groups in total. The number of ether oxygens (including phenoxy) is 4. The molecule has 0 amide bonds. The third kappa shape index (κ3) is 10.5. The Morgan fingerprint density at radius 3 is 2.40 bits per heavy atom. The lowest BCUT2D eigenvalue weighted by Crippen LogP contribution is -2.07. The maximum absolute atomic E-state index is 12.1. The fourth-order valence-electron chi connectivity index (χ4n) is 3.94. The number of carbonyl (C=O) groups is 2. The molecule has 6 nitrogen and oxygen atoms in total. The van der Waals surface area contributed by atoms with Crippen LogP contribution < -0.4 is 9.47 Å². The molecule has 3 rings (SSSR count). The molecule has 0 atom stereocenters. The van der Waals surface area contributed by atoms with Crippen LogP contribution in [0.1, 0.15) is 61.0 Å². The standard InChI is InChI=1S/C33H38O6S/c1-4-37-32(34)21-16-26-23-30(40-29-13-10-12-27(24-29)33(35)38-5-2)19-20-31(26)39-22-9-7-6-8-11-25-14-17-28(36-3)18-15-25/h8,10-15,17-20,23-24H,4-7,9,16,21-22H2,1-3H3. The van der Waals surface area contributed by atoms with E-state index in [4.69, 9.17) is 18.9 Å². The van der Waals surface area contributed by atoms with Gasteiger partial charge in [0.05, 0.1) is 32.5 Å². The highest BCUT2D eigenvalue weighted by Gasteiger charge is 2.12. The smallest absolute Gasteiger partial charge is 0.338 e. The van der Waals surface area contributed by atoms with E-state index in [1.807, 2.05) is 60.7 Å². The van der Waals surface area contributed by atoms with Crippen molar-refractivity contribution in [2.75, 3.05) is 26.9 Å². The van der Waals surface area contributed by atoms with Crippen LogP contribution in [0.2, 0.25) is 0 Å². The summed E-state index contributed by atoms with van der Waals surface area (Å²) in [6.45, 7) is 4.89. The quantitative estimate of drug-likeness (QED) is 0.130. The van der Waals surface area contributed by atoms with Crippen LogP contribution in [0.3, 0.4) is 0 Å². The highest BCUT2D eigenvalue weighted by atomic mass is 32.2. The van der Waals surface area contributed by atoms with Crippen molar-refractivity contribution < 1.29 is 28.5 Å². The molecule has 0 aliphatic rings. The first kappa shape index (κ1) is 30.8. The number of aryl methyl sites for hydroxylation is 1. The van der Waals surface area contributed by atoms with E-state index in [1.165, 1.54) is 0 Å². The molecule has 0 fully saturated rings. The Balaban J connectivity index is 1.58. The van der Waals surface area contributed by atoms with Crippen LogP contribution in [0.25, 0.3) is 6.08 Å². The summed E-state index contributed by atoms with van der Waals surface area (Å²) in [5.41, 5.74) is 2.63. The summed E-state index contributed by atoms with van der Waals surface area (Å²) >= 11 is 1.55. The lowest BCUT2D eigenvalue weighted by molar-refractivity contribution is -0.143. The van der Waals surface area contributed by atoms with Gasteiger partial charge in [-0.15, -0.1) is 0 Å². The van der Waals surface area contributed by atoms with Gasteiger partial charge in [-0.05, 0) is 99.2 Å². The number of hydrogen-bond acceptors (Lipinski definition) is 7. The van der Waals surface area contributed by atoms with Gasteiger partial charge in [0.2, 0.25) is 0 Å². The van der Waals surface area contributed by atoms with Crippen LogP contribution in [0, 0.1) is 0 Å². The van der Waals surface area contributed by atoms with Gasteiger partial charge in [-0.25, -0.2) is 4.79 Å². The second-order valence-corrected chi connectivity index (χ2v) is 10.1. The molecular weight excluding hydrogens is 524 g/mol. The first-order valence-electron chi connectivity index (χ1n) is 13.7. The molecule has 0 aliphatic carbocycles. The SMILES string of the molecule is CCOC(=O)CCc1cc(Sc2cccc(C(=O)OCC)c2)ccc1OCCCCC=Cc1ccc(OC)cc1. The van der Waals surface area contributed by atoms with Crippen molar-refractivity contribution in [1.29, 1.82) is 0 Å². The highest BCUT2D eigenvalue weighted by Crippen LogP contribution is 2.33. The van der Waals surface area contributed by atoms with Crippen LogP contribution >= 0.6 is 11.8 Å². The molecule has 3 aromatic rings. The normalized spacial score (nSPS) is 10.9. The Morgan fingerprint density at radius 2 is 1.65 bits per heavy atom. The molecule has 212 valence electrons. The number of allylic oxidation sites excluding steroid dienone is 1. The van der Waals surface area contributed by atoms with E-state index < -0.39 is 0 Å². The van der Waals surface area contributed by atoms with Gasteiger partial charge >= 0.3 is 11.9 Å². The molecule has 0 saturated carbocycles. The summed E-state index contributed by atoms with van der Waals surface area (Å²) in [5, 5.41) is 0. The van der Waals surface area contributed by atoms with Crippen LogP contribution in [0.15, 0.2) is 82.6 Å². The number of carbonyl (C=O) groups excluding carboxylic acids is 2. The van der Waals surface area contributed by atoms with Crippen molar-refractivity contribution in [3.63, 3.8) is 0 Å². The molecule has 7 heteroatoms. The van der Waals surface area contributed by atoms with E-state index in [2.05, 4.69) is 12.2 Å². The second kappa shape index (κ2) is 17.1. The van der Waals surface area contributed by atoms with Crippen molar-refractivity contribution in [3.8, 4) is 11.5 Å². The predicted octanol–water partition coefficient (Wildman–Crippen LogP) is 7.78. The maximum Gasteiger partial charge on any atom is 0.338 e. The number of methoxy groups -OCH3 is 1. The second-order valence-electron chi connectivity index (χ2n) is 8.94. The van der Waals surface area contributed by atoms with Crippen LogP contribution in [-0.4, -0.2) is 38.9 Å². The maximum atomic E-state index is 12.1. The Labute approximate surface area is 241 Å². The summed E-state index contributed by atoms with van der Waals surface area (Å²) in [5.74, 6) is 1.07. The Bertz CT molecular complexity index is 1250. The van der Waals surface area contributed by atoms with Crippen molar-refractivity contribution in [3.05, 3.63) is 89.5 Å². The van der Waals surface area contributed by atoms with Gasteiger partial charge in [0, 0.05) is 16.2 Å². The van der Waals surface area contributed by atoms with E-state index >= 15 is 0 Å². The minimum Gasteiger partial charge on any atom is -0.497 e. The molecule has 0 saturated heterocycles. The third-order valence-corrected chi connectivity index (χ3v) is 6.94. The molecule has 0 radical (unpaired) electrons. The number of unbranched alkanes of at least 4 members (excludes halogenated alkanes) is 2. The molecule has 0 spiro atoms. The largest absolute Gasteiger partial charge is 0.497 e. The summed E-state index contributed by atoms with van der Waals surface area (Å²) in [7, 11) is 1.66. The number of hydrogen-bond donors (Lipinski definition) is 0. The van der Waals surface area contributed by atoms with E-state index in [0.717, 1.165) is 51.7 Å². The van der Waals surface area contributed by atoms with Gasteiger partial charge in [0.1, 0.15) is 11.5 Å². The van der Waals surface area contributed by atoms with Crippen LogP contribution in [0.4, 0.5) is 0 Å². The molecule has 40 heavy (non-hydrogen) atoms. The monoisotopic (exact) mass is 562 g/mol. The van der Waals surface area contributed by atoms with Gasteiger partial charge in [0.15, 0.2) is 0 Å². The first-order chi connectivity index (χ1) is 19.5. The number of esters is 2. The van der Waals surface area contributed by atoms with Crippen molar-refractivity contribution in [2.45, 2.75) is 55.7 Å². The van der Waals surface area contributed by atoms with E-state index in [0.29, 0.717) is 31.8 Å². The lowest BCUT2D eigenvalue weighted by Gasteiger charge is -2.13. The van der Waals surface area contributed by atoms with Crippen LogP contribution in [-0.2, 0) is 20.7 Å². The molecule has 0 heterocycles. The number of rotatable bonds is 16. The predicted molar refractivity (Wildman–Crippen MR) is 159 cm³/mol. The zero-order chi connectivity index (χ0) is 28.6. The molecule has 0 unspecified atom stereocenters. The Hall–Kier alpha value is -3.71. The lowest BCUT2D eigenvalue weighted by atomic mass is 10.1. The summed E-state index contributed by atoms with van der Waals surface area (Å²) in [6, 6.07) is 21.4. The Kier molecular flexibility index (Phi) is 13.2. The zero-order valence-corrected chi connectivity index (χ0v) is 24.3. The van der Waals surface area contributed by atoms with Gasteiger partial charge in [-0.1, -0.05) is 42.1 Å². The minimum absolute atomic E-state index is 0.225. The summed E-state index contributed by atoms with van der Waals surface area (Å²) in [4.78, 5) is 26.1. The van der Waals surface area contributed by atoms with Gasteiger partial charge in [-0.2, -0.15) is 0 Å². The summed E-state index contributed by atoms with van der Waals surface area (Å²) < 4.78 is 21.6. The average molecular weight is 563 g/mol. The van der Waals surface area contributed by atoms with Gasteiger partial charge < -0.3 is 18.9 Å². The number of benzene rings is 3. The topological polar surface area (TPSA) is 71.1 Å². The third-order valence-electron chi connectivity index (χ3n) is 5.97. The molecule has 0 aromatic heterocycles. The minimum atomic E-state index is -0.333. The van der Waals surface area contributed by atoms with Gasteiger partial charge in [0.25, 0.3) is 0 Å². The van der Waals surface area contributed by atoms with Crippen molar-refractivity contribution >= 4 is 29.8 Å². The summed E-state index contributed by atoms with van der Waals surface area (Å²) in [6.07, 6.45) is 7.99. The first-order valence-corrected chi connectivity index (χ1v) is 14.5. The molecular formula is C33H38O6S. The fourth-order valence-corrected chi connectivity index (χ4v) is 4.89. The van der Waals surface area contributed by atoms with Gasteiger partial charge in [-0.3, -0.25) is 4.79 Å². The van der Waals surface area contributed by atoms with E-state index in [-0.39, 0.29) is 18.4 Å². The van der Waals surface area contributed by atoms with E-state index in [1.54, 1.807) is 38.8 Å². The van der Waals surface area contributed by atoms with E-state index in [9.17, 15) is 9.59 Å².